The first-order valence-electron chi connectivity index (χ1n) is 7.40. The summed E-state index contributed by atoms with van der Waals surface area (Å²) in [7, 11) is -3.63. The van der Waals surface area contributed by atoms with Gasteiger partial charge in [-0.25, -0.2) is 13.4 Å². The lowest BCUT2D eigenvalue weighted by atomic mass is 9.99. The molecule has 0 saturated carbocycles. The van der Waals surface area contributed by atoms with Crippen molar-refractivity contribution >= 4 is 9.84 Å². The topological polar surface area (TPSA) is 67.3 Å². The number of rotatable bonds is 3. The van der Waals surface area contributed by atoms with E-state index in [1.54, 1.807) is 20.8 Å². The number of aromatic nitrogens is 1. The zero-order chi connectivity index (χ0) is 19.0. The van der Waals surface area contributed by atoms with Gasteiger partial charge in [0.05, 0.1) is 16.9 Å². The number of hydrogen-bond donors (Lipinski definition) is 1. The maximum atomic E-state index is 12.8. The van der Waals surface area contributed by atoms with E-state index >= 15 is 0 Å². The number of sulfone groups is 1. The third-order valence-corrected chi connectivity index (χ3v) is 6.14. The number of hydrogen-bond acceptors (Lipinski definition) is 4. The lowest BCUT2D eigenvalue weighted by molar-refractivity contribution is -0.137. The molecule has 0 fully saturated rings. The van der Waals surface area contributed by atoms with Crippen molar-refractivity contribution in [1.29, 1.82) is 0 Å². The molecule has 2 aromatic rings. The van der Waals surface area contributed by atoms with Crippen LogP contribution < -0.4 is 0 Å². The van der Waals surface area contributed by atoms with Crippen LogP contribution in [0.4, 0.5) is 13.2 Å². The summed E-state index contributed by atoms with van der Waals surface area (Å²) in [6.45, 7) is 4.08. The Bertz CT molecular complexity index is 867. The molecule has 0 amide bonds. The first-order valence-corrected chi connectivity index (χ1v) is 8.88. The van der Waals surface area contributed by atoms with Gasteiger partial charge in [0.15, 0.2) is 14.9 Å². The number of aliphatic hydroxyl groups is 1. The van der Waals surface area contributed by atoms with E-state index in [4.69, 9.17) is 0 Å². The fraction of sp³-hybridized carbons (Fsp3) is 0.353. The van der Waals surface area contributed by atoms with E-state index in [0.717, 1.165) is 12.1 Å². The Labute approximate surface area is 144 Å². The molecule has 0 radical (unpaired) electrons. The molecule has 1 aromatic carbocycles. The molecule has 0 unspecified atom stereocenters. The van der Waals surface area contributed by atoms with E-state index in [0.29, 0.717) is 11.1 Å². The molecule has 0 aliphatic heterocycles. The van der Waals surface area contributed by atoms with E-state index in [1.165, 1.54) is 24.4 Å². The number of nitrogens with zero attached hydrogens (tertiary/aromatic N) is 1. The predicted molar refractivity (Wildman–Crippen MR) is 87.5 cm³/mol. The van der Waals surface area contributed by atoms with Gasteiger partial charge in [-0.3, -0.25) is 0 Å². The monoisotopic (exact) mass is 373 g/mol. The molecule has 8 heteroatoms. The average Bonchev–Trinajstić information content (AvgIpc) is 2.52. The molecule has 1 heterocycles. The van der Waals surface area contributed by atoms with Crippen molar-refractivity contribution in [2.75, 3.05) is 0 Å². The van der Waals surface area contributed by atoms with E-state index in [2.05, 4.69) is 4.98 Å². The van der Waals surface area contributed by atoms with Crippen LogP contribution in [0.1, 0.15) is 31.9 Å². The number of aliphatic hydroxyl groups excluding tert-OH is 1. The fourth-order valence-corrected chi connectivity index (χ4v) is 3.26. The Morgan fingerprint density at radius 3 is 2.16 bits per heavy atom. The van der Waals surface area contributed by atoms with Crippen molar-refractivity contribution in [2.45, 2.75) is 43.3 Å². The highest BCUT2D eigenvalue weighted by molar-refractivity contribution is 7.92. The number of benzene rings is 1. The highest BCUT2D eigenvalue weighted by Crippen LogP contribution is 2.34. The number of alkyl halides is 3. The summed E-state index contributed by atoms with van der Waals surface area (Å²) in [6.07, 6.45) is -3.23. The lowest BCUT2D eigenvalue weighted by Gasteiger charge is -2.18. The number of pyridine rings is 1. The zero-order valence-corrected chi connectivity index (χ0v) is 14.7. The van der Waals surface area contributed by atoms with Gasteiger partial charge in [-0.2, -0.15) is 13.2 Å². The largest absolute Gasteiger partial charge is 0.416 e. The van der Waals surface area contributed by atoms with Crippen LogP contribution in [-0.2, 0) is 22.6 Å². The van der Waals surface area contributed by atoms with E-state index < -0.39 is 32.9 Å². The van der Waals surface area contributed by atoms with Crippen LogP contribution in [0.3, 0.4) is 0 Å². The molecule has 0 aliphatic carbocycles. The Kier molecular flexibility index (Phi) is 4.98. The van der Waals surface area contributed by atoms with E-state index in [1.807, 2.05) is 0 Å². The minimum atomic E-state index is -4.51. The van der Waals surface area contributed by atoms with Gasteiger partial charge >= 0.3 is 6.18 Å². The minimum Gasteiger partial charge on any atom is -0.392 e. The molecule has 0 atom stereocenters. The lowest BCUT2D eigenvalue weighted by Crippen LogP contribution is -2.28. The molecule has 136 valence electrons. The zero-order valence-electron chi connectivity index (χ0n) is 13.9. The molecule has 0 bridgehead atoms. The second kappa shape index (κ2) is 6.42. The van der Waals surface area contributed by atoms with E-state index in [9.17, 15) is 26.7 Å². The summed E-state index contributed by atoms with van der Waals surface area (Å²) in [4.78, 5) is 3.95. The van der Waals surface area contributed by atoms with Crippen molar-refractivity contribution in [3.05, 3.63) is 47.7 Å². The molecule has 25 heavy (non-hydrogen) atoms. The summed E-state index contributed by atoms with van der Waals surface area (Å²) in [5.41, 5.74) is 0.0107. The van der Waals surface area contributed by atoms with Crippen LogP contribution in [0.15, 0.2) is 41.6 Å². The smallest absolute Gasteiger partial charge is 0.392 e. The summed E-state index contributed by atoms with van der Waals surface area (Å²) >= 11 is 0. The summed E-state index contributed by atoms with van der Waals surface area (Å²) < 4.78 is 62.0. The molecular weight excluding hydrogens is 355 g/mol. The first kappa shape index (κ1) is 19.4. The third kappa shape index (κ3) is 3.85. The Morgan fingerprint density at radius 2 is 1.72 bits per heavy atom. The van der Waals surface area contributed by atoms with Crippen molar-refractivity contribution in [1.82, 2.24) is 4.98 Å². The van der Waals surface area contributed by atoms with Gasteiger partial charge in [0.25, 0.3) is 0 Å². The number of halogens is 3. The van der Waals surface area contributed by atoms with Crippen LogP contribution in [0.25, 0.3) is 11.1 Å². The molecule has 1 aromatic heterocycles. The SMILES string of the molecule is CC(C)(C)S(=O)(=O)c1ccc(-c2ccc(C(F)(F)F)cc2CO)cn1. The van der Waals surface area contributed by atoms with Crippen LogP contribution in [0.2, 0.25) is 0 Å². The highest BCUT2D eigenvalue weighted by atomic mass is 32.2. The Morgan fingerprint density at radius 1 is 1.08 bits per heavy atom. The van der Waals surface area contributed by atoms with Crippen molar-refractivity contribution in [2.24, 2.45) is 0 Å². The van der Waals surface area contributed by atoms with Gasteiger partial charge < -0.3 is 5.11 Å². The molecule has 1 N–H and O–H groups in total. The maximum absolute atomic E-state index is 12.8. The van der Waals surface area contributed by atoms with Gasteiger partial charge in [0.1, 0.15) is 0 Å². The molecule has 0 saturated heterocycles. The van der Waals surface area contributed by atoms with E-state index in [-0.39, 0.29) is 10.6 Å². The molecular formula is C17H18F3NO3S. The van der Waals surface area contributed by atoms with Crippen LogP contribution >= 0.6 is 0 Å². The standard InChI is InChI=1S/C17H18F3NO3S/c1-16(2,3)25(23,24)15-7-4-11(9-21-15)14-6-5-13(17(18,19)20)8-12(14)10-22/h4-9,22H,10H2,1-3H3. The molecule has 2 rings (SSSR count). The Hall–Kier alpha value is -1.93. The van der Waals surface area contributed by atoms with Gasteiger partial charge in [-0.1, -0.05) is 6.07 Å². The summed E-state index contributed by atoms with van der Waals surface area (Å²) in [5, 5.41) is 9.27. The minimum absolute atomic E-state index is 0.0862. The average molecular weight is 373 g/mol. The molecule has 0 spiro atoms. The van der Waals surface area contributed by atoms with Crippen molar-refractivity contribution < 1.29 is 26.7 Å². The van der Waals surface area contributed by atoms with Crippen LogP contribution in [0, 0.1) is 0 Å². The van der Waals surface area contributed by atoms with Gasteiger partial charge in [-0.05, 0) is 56.2 Å². The second-order valence-electron chi connectivity index (χ2n) is 6.53. The van der Waals surface area contributed by atoms with Crippen LogP contribution in [-0.4, -0.2) is 23.3 Å². The molecule has 4 nitrogen and oxygen atoms in total. The van der Waals surface area contributed by atoms with Gasteiger partial charge in [0.2, 0.25) is 0 Å². The Balaban J connectivity index is 2.48. The quantitative estimate of drug-likeness (QED) is 0.888. The fourth-order valence-electron chi connectivity index (χ4n) is 2.19. The highest BCUT2D eigenvalue weighted by Gasteiger charge is 2.32. The first-order chi connectivity index (χ1) is 11.4. The third-order valence-electron chi connectivity index (χ3n) is 3.73. The van der Waals surface area contributed by atoms with Gasteiger partial charge in [0, 0.05) is 11.8 Å². The summed E-state index contributed by atoms with van der Waals surface area (Å²) in [5.74, 6) is 0. The van der Waals surface area contributed by atoms with Crippen molar-refractivity contribution in [3.8, 4) is 11.1 Å². The second-order valence-corrected chi connectivity index (χ2v) is 9.18. The summed E-state index contributed by atoms with van der Waals surface area (Å²) in [6, 6.07) is 5.80. The normalized spacial score (nSPS) is 13.1. The maximum Gasteiger partial charge on any atom is 0.416 e. The van der Waals surface area contributed by atoms with Crippen molar-refractivity contribution in [3.63, 3.8) is 0 Å². The van der Waals surface area contributed by atoms with Crippen LogP contribution in [0.5, 0.6) is 0 Å². The molecule has 0 aliphatic rings. The van der Waals surface area contributed by atoms with Gasteiger partial charge in [-0.15, -0.1) is 0 Å². The predicted octanol–water partition coefficient (Wildman–Crippen LogP) is 3.83.